The molecular weight excluding hydrogens is 158 g/mol. The molecular formula is C8H17NOS. The van der Waals surface area contributed by atoms with Crippen molar-refractivity contribution in [2.24, 2.45) is 0 Å². The zero-order valence-corrected chi connectivity index (χ0v) is 8.33. The van der Waals surface area contributed by atoms with Crippen LogP contribution >= 0.6 is 11.8 Å². The first-order chi connectivity index (χ1) is 5.16. The first-order valence-electron chi connectivity index (χ1n) is 4.16. The molecule has 1 aliphatic rings. The van der Waals surface area contributed by atoms with Gasteiger partial charge in [-0.05, 0) is 20.8 Å². The number of nitrogens with one attached hydrogen (secondary N) is 1. The molecule has 1 fully saturated rings. The lowest BCUT2D eigenvalue weighted by Crippen LogP contribution is -2.41. The van der Waals surface area contributed by atoms with Gasteiger partial charge in [-0.25, -0.2) is 0 Å². The van der Waals surface area contributed by atoms with Crippen LogP contribution in [-0.4, -0.2) is 29.9 Å². The van der Waals surface area contributed by atoms with Crippen LogP contribution in [0, 0.1) is 0 Å². The standard InChI is InChI=1S/C8H17NOS/c1-4-10-6-8(3)9-7(2)5-11-8/h7,9H,4-6H2,1-3H3. The van der Waals surface area contributed by atoms with Crippen LogP contribution in [-0.2, 0) is 4.74 Å². The largest absolute Gasteiger partial charge is 0.379 e. The summed E-state index contributed by atoms with van der Waals surface area (Å²) in [4.78, 5) is 0.162. The highest BCUT2D eigenvalue weighted by Crippen LogP contribution is 2.29. The Hall–Kier alpha value is 0.270. The highest BCUT2D eigenvalue weighted by atomic mass is 32.2. The van der Waals surface area contributed by atoms with Crippen LogP contribution in [0.25, 0.3) is 0 Å². The van der Waals surface area contributed by atoms with Crippen molar-refractivity contribution >= 4 is 11.8 Å². The molecule has 0 aromatic heterocycles. The van der Waals surface area contributed by atoms with E-state index in [9.17, 15) is 0 Å². The molecule has 11 heavy (non-hydrogen) atoms. The molecule has 1 aliphatic heterocycles. The quantitative estimate of drug-likeness (QED) is 0.702. The molecule has 0 amide bonds. The van der Waals surface area contributed by atoms with E-state index in [4.69, 9.17) is 4.74 Å². The first-order valence-corrected chi connectivity index (χ1v) is 5.14. The second-order valence-electron chi connectivity index (χ2n) is 3.22. The van der Waals surface area contributed by atoms with Crippen LogP contribution in [0.5, 0.6) is 0 Å². The minimum Gasteiger partial charge on any atom is -0.379 e. The Labute approximate surface area is 73.1 Å². The van der Waals surface area contributed by atoms with Crippen LogP contribution < -0.4 is 5.32 Å². The third-order valence-electron chi connectivity index (χ3n) is 1.79. The van der Waals surface area contributed by atoms with Crippen molar-refractivity contribution in [1.29, 1.82) is 0 Å². The number of ether oxygens (including phenoxy) is 1. The van der Waals surface area contributed by atoms with Gasteiger partial charge < -0.3 is 4.74 Å². The Morgan fingerprint density at radius 1 is 1.73 bits per heavy atom. The average Bonchev–Trinajstić information content (AvgIpc) is 2.28. The Bertz CT molecular complexity index is 131. The maximum Gasteiger partial charge on any atom is 0.0855 e. The van der Waals surface area contributed by atoms with Gasteiger partial charge in [0.1, 0.15) is 0 Å². The highest BCUT2D eigenvalue weighted by Gasteiger charge is 2.32. The first kappa shape index (κ1) is 9.36. The molecule has 1 heterocycles. The molecule has 0 bridgehead atoms. The zero-order chi connectivity index (χ0) is 8.32. The summed E-state index contributed by atoms with van der Waals surface area (Å²) in [5, 5.41) is 3.50. The van der Waals surface area contributed by atoms with Gasteiger partial charge in [-0.1, -0.05) is 0 Å². The van der Waals surface area contributed by atoms with E-state index >= 15 is 0 Å². The van der Waals surface area contributed by atoms with Crippen LogP contribution in [0.3, 0.4) is 0 Å². The molecule has 1 N–H and O–H groups in total. The Balaban J connectivity index is 2.29. The molecule has 0 radical (unpaired) electrons. The molecule has 2 atom stereocenters. The number of thioether (sulfide) groups is 1. The maximum absolute atomic E-state index is 5.39. The van der Waals surface area contributed by atoms with E-state index in [0.717, 1.165) is 13.2 Å². The summed E-state index contributed by atoms with van der Waals surface area (Å²) in [6, 6.07) is 0.630. The van der Waals surface area contributed by atoms with Crippen molar-refractivity contribution in [3.8, 4) is 0 Å². The molecule has 0 aromatic rings. The molecule has 0 aromatic carbocycles. The summed E-state index contributed by atoms with van der Waals surface area (Å²) in [7, 11) is 0. The number of hydrogen-bond donors (Lipinski definition) is 1. The summed E-state index contributed by atoms with van der Waals surface area (Å²) >= 11 is 1.96. The second kappa shape index (κ2) is 3.78. The Kier molecular flexibility index (Phi) is 3.22. The van der Waals surface area contributed by atoms with Crippen molar-refractivity contribution < 1.29 is 4.74 Å². The van der Waals surface area contributed by atoms with E-state index < -0.39 is 0 Å². The molecule has 0 saturated carbocycles. The van der Waals surface area contributed by atoms with Crippen molar-refractivity contribution in [3.63, 3.8) is 0 Å². The summed E-state index contributed by atoms with van der Waals surface area (Å²) in [6.45, 7) is 8.08. The van der Waals surface area contributed by atoms with Gasteiger partial charge in [0, 0.05) is 18.4 Å². The SMILES string of the molecule is CCOCC1(C)NC(C)CS1. The van der Waals surface area contributed by atoms with Crippen LogP contribution in [0.2, 0.25) is 0 Å². The third-order valence-corrected chi connectivity index (χ3v) is 3.32. The maximum atomic E-state index is 5.39. The van der Waals surface area contributed by atoms with E-state index in [1.165, 1.54) is 5.75 Å². The smallest absolute Gasteiger partial charge is 0.0855 e. The Morgan fingerprint density at radius 3 is 2.91 bits per heavy atom. The van der Waals surface area contributed by atoms with E-state index in [1.807, 2.05) is 18.7 Å². The minimum absolute atomic E-state index is 0.162. The lowest BCUT2D eigenvalue weighted by Gasteiger charge is -2.23. The number of hydrogen-bond acceptors (Lipinski definition) is 3. The van der Waals surface area contributed by atoms with Gasteiger partial charge >= 0.3 is 0 Å². The van der Waals surface area contributed by atoms with Gasteiger partial charge in [-0.15, -0.1) is 11.8 Å². The summed E-state index contributed by atoms with van der Waals surface area (Å²) in [6.07, 6.45) is 0. The molecule has 1 saturated heterocycles. The Morgan fingerprint density at radius 2 is 2.45 bits per heavy atom. The van der Waals surface area contributed by atoms with Crippen molar-refractivity contribution in [2.45, 2.75) is 31.7 Å². The van der Waals surface area contributed by atoms with Gasteiger partial charge in [-0.2, -0.15) is 0 Å². The fourth-order valence-electron chi connectivity index (χ4n) is 1.29. The lowest BCUT2D eigenvalue weighted by molar-refractivity contribution is 0.118. The normalized spacial score (nSPS) is 37.9. The molecule has 3 heteroatoms. The van der Waals surface area contributed by atoms with Crippen molar-refractivity contribution in [1.82, 2.24) is 5.32 Å². The predicted molar refractivity (Wildman–Crippen MR) is 50.0 cm³/mol. The summed E-state index contributed by atoms with van der Waals surface area (Å²) in [5.74, 6) is 1.20. The highest BCUT2D eigenvalue weighted by molar-refractivity contribution is 8.00. The topological polar surface area (TPSA) is 21.3 Å². The molecule has 66 valence electrons. The summed E-state index contributed by atoms with van der Waals surface area (Å²) < 4.78 is 5.39. The second-order valence-corrected chi connectivity index (χ2v) is 4.75. The van der Waals surface area contributed by atoms with Crippen LogP contribution in [0.4, 0.5) is 0 Å². The van der Waals surface area contributed by atoms with Gasteiger partial charge in [0.15, 0.2) is 0 Å². The molecule has 2 nitrogen and oxygen atoms in total. The minimum atomic E-state index is 0.162. The van der Waals surface area contributed by atoms with Gasteiger partial charge in [0.05, 0.1) is 11.5 Å². The van der Waals surface area contributed by atoms with Gasteiger partial charge in [-0.3, -0.25) is 5.32 Å². The van der Waals surface area contributed by atoms with E-state index in [2.05, 4.69) is 19.2 Å². The molecule has 0 aliphatic carbocycles. The third kappa shape index (κ3) is 2.65. The molecule has 2 unspecified atom stereocenters. The van der Waals surface area contributed by atoms with Crippen LogP contribution in [0.1, 0.15) is 20.8 Å². The van der Waals surface area contributed by atoms with Crippen molar-refractivity contribution in [2.75, 3.05) is 19.0 Å². The monoisotopic (exact) mass is 175 g/mol. The van der Waals surface area contributed by atoms with E-state index in [-0.39, 0.29) is 4.87 Å². The molecule has 1 rings (SSSR count). The number of rotatable bonds is 3. The van der Waals surface area contributed by atoms with Gasteiger partial charge in [0.25, 0.3) is 0 Å². The van der Waals surface area contributed by atoms with E-state index in [1.54, 1.807) is 0 Å². The lowest BCUT2D eigenvalue weighted by atomic mass is 10.3. The fraction of sp³-hybridized carbons (Fsp3) is 1.00. The van der Waals surface area contributed by atoms with Crippen LogP contribution in [0.15, 0.2) is 0 Å². The van der Waals surface area contributed by atoms with Crippen molar-refractivity contribution in [3.05, 3.63) is 0 Å². The predicted octanol–water partition coefficient (Wildman–Crippen LogP) is 1.46. The molecule has 0 spiro atoms. The van der Waals surface area contributed by atoms with Gasteiger partial charge in [0.2, 0.25) is 0 Å². The van der Waals surface area contributed by atoms with E-state index in [0.29, 0.717) is 6.04 Å². The fourth-order valence-corrected chi connectivity index (χ4v) is 2.45. The zero-order valence-electron chi connectivity index (χ0n) is 7.52. The average molecular weight is 175 g/mol. The summed E-state index contributed by atoms with van der Waals surface area (Å²) in [5.41, 5.74) is 0.